The van der Waals surface area contributed by atoms with E-state index in [0.29, 0.717) is 5.41 Å². The first-order chi connectivity index (χ1) is 5.19. The Bertz CT molecular complexity index is 114. The van der Waals surface area contributed by atoms with Gasteiger partial charge in [0.05, 0.1) is 0 Å². The van der Waals surface area contributed by atoms with Crippen LogP contribution in [0, 0.1) is 11.3 Å². The predicted molar refractivity (Wildman–Crippen MR) is 49.7 cm³/mol. The van der Waals surface area contributed by atoms with Crippen molar-refractivity contribution in [2.45, 2.75) is 40.0 Å². The van der Waals surface area contributed by atoms with Crippen molar-refractivity contribution < 1.29 is 0 Å². The zero-order valence-corrected chi connectivity index (χ0v) is 8.11. The van der Waals surface area contributed by atoms with Crippen molar-refractivity contribution in [2.24, 2.45) is 11.3 Å². The molecule has 1 fully saturated rings. The fourth-order valence-electron chi connectivity index (χ4n) is 2.04. The molecular weight excluding hydrogens is 134 g/mol. The molecule has 1 aliphatic rings. The van der Waals surface area contributed by atoms with Gasteiger partial charge in [-0.15, -0.1) is 0 Å². The Morgan fingerprint density at radius 1 is 1.55 bits per heavy atom. The van der Waals surface area contributed by atoms with Gasteiger partial charge in [-0.3, -0.25) is 0 Å². The third-order valence-corrected chi connectivity index (χ3v) is 3.31. The second-order valence-electron chi connectivity index (χ2n) is 4.27. The molecule has 1 nitrogen and oxygen atoms in total. The lowest BCUT2D eigenvalue weighted by Crippen LogP contribution is -2.27. The third kappa shape index (κ3) is 1.96. The molecule has 0 aliphatic carbocycles. The van der Waals surface area contributed by atoms with E-state index < -0.39 is 0 Å². The molecule has 2 unspecified atom stereocenters. The average Bonchev–Trinajstić information content (AvgIpc) is 2.38. The van der Waals surface area contributed by atoms with Gasteiger partial charge in [0.2, 0.25) is 0 Å². The summed E-state index contributed by atoms with van der Waals surface area (Å²) >= 11 is 0. The fourth-order valence-corrected chi connectivity index (χ4v) is 2.04. The Labute approximate surface area is 70.6 Å². The number of hydrogen-bond donors (Lipinski definition) is 1. The van der Waals surface area contributed by atoms with Crippen molar-refractivity contribution in [1.29, 1.82) is 0 Å². The molecule has 1 heterocycles. The van der Waals surface area contributed by atoms with Crippen LogP contribution in [0.3, 0.4) is 0 Å². The van der Waals surface area contributed by atoms with Crippen molar-refractivity contribution in [1.82, 2.24) is 5.32 Å². The first-order valence-corrected chi connectivity index (χ1v) is 4.90. The van der Waals surface area contributed by atoms with Crippen molar-refractivity contribution in [2.75, 3.05) is 13.1 Å². The van der Waals surface area contributed by atoms with Crippen LogP contribution in [0.5, 0.6) is 0 Å². The van der Waals surface area contributed by atoms with Gasteiger partial charge in [-0.2, -0.15) is 0 Å². The maximum atomic E-state index is 3.45. The van der Waals surface area contributed by atoms with E-state index in [4.69, 9.17) is 0 Å². The van der Waals surface area contributed by atoms with E-state index in [9.17, 15) is 0 Å². The normalized spacial score (nSPS) is 34.1. The predicted octanol–water partition coefficient (Wildman–Crippen LogP) is 2.42. The molecule has 1 heteroatoms. The largest absolute Gasteiger partial charge is 0.316 e. The summed E-state index contributed by atoms with van der Waals surface area (Å²) in [6.07, 6.45) is 4.09. The molecular formula is C10H21N. The maximum Gasteiger partial charge on any atom is 0.000819 e. The first kappa shape index (κ1) is 9.05. The van der Waals surface area contributed by atoms with Gasteiger partial charge in [-0.25, -0.2) is 0 Å². The van der Waals surface area contributed by atoms with Crippen LogP contribution in [0.25, 0.3) is 0 Å². The first-order valence-electron chi connectivity index (χ1n) is 4.90. The zero-order chi connectivity index (χ0) is 8.32. The smallest absolute Gasteiger partial charge is 0.000819 e. The Morgan fingerprint density at radius 3 is 2.73 bits per heavy atom. The highest BCUT2D eigenvalue weighted by Gasteiger charge is 2.33. The lowest BCUT2D eigenvalue weighted by atomic mass is 9.75. The van der Waals surface area contributed by atoms with Gasteiger partial charge >= 0.3 is 0 Å². The monoisotopic (exact) mass is 155 g/mol. The second-order valence-corrected chi connectivity index (χ2v) is 4.27. The highest BCUT2D eigenvalue weighted by Crippen LogP contribution is 2.35. The van der Waals surface area contributed by atoms with Crippen LogP contribution < -0.4 is 5.32 Å². The maximum absolute atomic E-state index is 3.45. The SMILES string of the molecule is CCCC(C)C1(C)CCNC1. The molecule has 1 N–H and O–H groups in total. The van der Waals surface area contributed by atoms with E-state index in [-0.39, 0.29) is 0 Å². The summed E-state index contributed by atoms with van der Waals surface area (Å²) < 4.78 is 0. The van der Waals surface area contributed by atoms with Crippen LogP contribution in [0.15, 0.2) is 0 Å². The molecule has 0 aromatic carbocycles. The minimum Gasteiger partial charge on any atom is -0.316 e. The van der Waals surface area contributed by atoms with Gasteiger partial charge in [-0.1, -0.05) is 33.6 Å². The molecule has 0 bridgehead atoms. The van der Waals surface area contributed by atoms with Crippen LogP contribution in [0.2, 0.25) is 0 Å². The van der Waals surface area contributed by atoms with Crippen LogP contribution in [0.4, 0.5) is 0 Å². The van der Waals surface area contributed by atoms with Crippen LogP contribution in [-0.4, -0.2) is 13.1 Å². The van der Waals surface area contributed by atoms with Crippen LogP contribution in [0.1, 0.15) is 40.0 Å². The lowest BCUT2D eigenvalue weighted by Gasteiger charge is -2.30. The molecule has 11 heavy (non-hydrogen) atoms. The molecule has 1 aliphatic heterocycles. The van der Waals surface area contributed by atoms with E-state index in [1.807, 2.05) is 0 Å². The van der Waals surface area contributed by atoms with Gasteiger partial charge in [0.15, 0.2) is 0 Å². The quantitative estimate of drug-likeness (QED) is 0.660. The summed E-state index contributed by atoms with van der Waals surface area (Å²) in [5, 5.41) is 3.45. The Kier molecular flexibility index (Phi) is 2.94. The van der Waals surface area contributed by atoms with Crippen molar-refractivity contribution in [3.63, 3.8) is 0 Å². The molecule has 0 radical (unpaired) electrons. The Hall–Kier alpha value is -0.0400. The topological polar surface area (TPSA) is 12.0 Å². The molecule has 2 atom stereocenters. The summed E-state index contributed by atoms with van der Waals surface area (Å²) in [4.78, 5) is 0. The van der Waals surface area contributed by atoms with E-state index in [1.54, 1.807) is 0 Å². The summed E-state index contributed by atoms with van der Waals surface area (Å²) in [6, 6.07) is 0. The molecule has 0 aromatic rings. The number of rotatable bonds is 3. The summed E-state index contributed by atoms with van der Waals surface area (Å²) in [5.74, 6) is 0.891. The summed E-state index contributed by atoms with van der Waals surface area (Å²) in [5.41, 5.74) is 0.593. The van der Waals surface area contributed by atoms with Gasteiger partial charge in [0, 0.05) is 6.54 Å². The third-order valence-electron chi connectivity index (χ3n) is 3.31. The molecule has 0 saturated carbocycles. The highest BCUT2D eigenvalue weighted by atomic mass is 14.9. The molecule has 66 valence electrons. The van der Waals surface area contributed by atoms with Gasteiger partial charge < -0.3 is 5.32 Å². The Balaban J connectivity index is 2.42. The van der Waals surface area contributed by atoms with E-state index in [1.165, 1.54) is 32.4 Å². The summed E-state index contributed by atoms with van der Waals surface area (Å²) in [7, 11) is 0. The molecule has 1 saturated heterocycles. The van der Waals surface area contributed by atoms with Gasteiger partial charge in [0.25, 0.3) is 0 Å². The zero-order valence-electron chi connectivity index (χ0n) is 8.11. The minimum absolute atomic E-state index is 0.593. The minimum atomic E-state index is 0.593. The van der Waals surface area contributed by atoms with Gasteiger partial charge in [-0.05, 0) is 24.3 Å². The van der Waals surface area contributed by atoms with Crippen molar-refractivity contribution in [3.05, 3.63) is 0 Å². The van der Waals surface area contributed by atoms with Crippen molar-refractivity contribution in [3.8, 4) is 0 Å². The van der Waals surface area contributed by atoms with E-state index in [0.717, 1.165) is 5.92 Å². The van der Waals surface area contributed by atoms with Crippen LogP contribution >= 0.6 is 0 Å². The Morgan fingerprint density at radius 2 is 2.27 bits per heavy atom. The average molecular weight is 155 g/mol. The van der Waals surface area contributed by atoms with E-state index >= 15 is 0 Å². The standard InChI is InChI=1S/C10H21N/c1-4-5-9(2)10(3)6-7-11-8-10/h9,11H,4-8H2,1-3H3. The lowest BCUT2D eigenvalue weighted by molar-refractivity contribution is 0.216. The van der Waals surface area contributed by atoms with Crippen molar-refractivity contribution >= 4 is 0 Å². The van der Waals surface area contributed by atoms with Gasteiger partial charge in [0.1, 0.15) is 0 Å². The number of nitrogens with one attached hydrogen (secondary N) is 1. The molecule has 0 amide bonds. The molecule has 0 aromatic heterocycles. The molecule has 0 spiro atoms. The highest BCUT2D eigenvalue weighted by molar-refractivity contribution is 4.87. The number of hydrogen-bond acceptors (Lipinski definition) is 1. The fraction of sp³-hybridized carbons (Fsp3) is 1.00. The van der Waals surface area contributed by atoms with E-state index in [2.05, 4.69) is 26.1 Å². The molecule has 1 rings (SSSR count). The summed E-state index contributed by atoms with van der Waals surface area (Å²) in [6.45, 7) is 9.56. The second kappa shape index (κ2) is 3.57. The van der Waals surface area contributed by atoms with Crippen LogP contribution in [-0.2, 0) is 0 Å².